The van der Waals surface area contributed by atoms with E-state index in [0.717, 1.165) is 39.0 Å². The fourth-order valence-electron chi connectivity index (χ4n) is 2.08. The summed E-state index contributed by atoms with van der Waals surface area (Å²) in [5.74, 6) is 2.51. The van der Waals surface area contributed by atoms with Gasteiger partial charge in [-0.25, -0.2) is 4.68 Å². The number of tetrazole rings is 1. The molecule has 0 unspecified atom stereocenters. The Morgan fingerprint density at radius 1 is 1.33 bits per heavy atom. The molecular formula is C15H15BrClN5OS. The van der Waals surface area contributed by atoms with Crippen molar-refractivity contribution in [1.29, 1.82) is 0 Å². The number of halogens is 2. The van der Waals surface area contributed by atoms with Crippen molar-refractivity contribution >= 4 is 39.3 Å². The largest absolute Gasteiger partial charge is 0.460 e. The van der Waals surface area contributed by atoms with E-state index in [-0.39, 0.29) is 0 Å². The number of nitrogens with one attached hydrogen (secondary N) is 1. The maximum absolute atomic E-state index is 6.25. The Kier molecular flexibility index (Phi) is 5.94. The van der Waals surface area contributed by atoms with E-state index < -0.39 is 0 Å². The lowest BCUT2D eigenvalue weighted by Gasteiger charge is -2.03. The molecule has 1 N–H and O–H groups in total. The van der Waals surface area contributed by atoms with Gasteiger partial charge in [-0.1, -0.05) is 39.3 Å². The highest BCUT2D eigenvalue weighted by molar-refractivity contribution is 9.10. The summed E-state index contributed by atoms with van der Waals surface area (Å²) in [4.78, 5) is 0. The van der Waals surface area contributed by atoms with E-state index in [4.69, 9.17) is 16.0 Å². The maximum Gasteiger partial charge on any atom is 0.209 e. The number of hydrogen-bond acceptors (Lipinski definition) is 6. The molecule has 126 valence electrons. The quantitative estimate of drug-likeness (QED) is 0.456. The zero-order chi connectivity index (χ0) is 16.9. The Hall–Kier alpha value is -1.35. The monoisotopic (exact) mass is 427 g/mol. The Labute approximate surface area is 157 Å². The summed E-state index contributed by atoms with van der Waals surface area (Å²) in [7, 11) is 1.83. The second kappa shape index (κ2) is 8.15. The summed E-state index contributed by atoms with van der Waals surface area (Å²) in [6.45, 7) is 1.48. The molecule has 6 nitrogen and oxygen atoms in total. The van der Waals surface area contributed by atoms with Crippen molar-refractivity contribution in [3.05, 3.63) is 45.6 Å². The van der Waals surface area contributed by atoms with E-state index in [2.05, 4.69) is 36.8 Å². The summed E-state index contributed by atoms with van der Waals surface area (Å²) in [6, 6.07) is 9.64. The lowest BCUT2D eigenvalue weighted by molar-refractivity contribution is 0.499. The lowest BCUT2D eigenvalue weighted by atomic mass is 10.2. The number of rotatable bonds is 7. The minimum Gasteiger partial charge on any atom is -0.460 e. The van der Waals surface area contributed by atoms with Gasteiger partial charge in [-0.3, -0.25) is 0 Å². The van der Waals surface area contributed by atoms with Gasteiger partial charge in [0.25, 0.3) is 0 Å². The van der Waals surface area contributed by atoms with Crippen LogP contribution in [0, 0.1) is 0 Å². The standard InChI is InChI=1S/C15H15BrClN5OS/c1-22-15(19-20-21-22)24-7-6-18-9-11-3-5-14(23-11)12-4-2-10(16)8-13(12)17/h2-5,8,18H,6-7,9H2,1H3. The molecule has 0 fully saturated rings. The summed E-state index contributed by atoms with van der Waals surface area (Å²) in [6.07, 6.45) is 0. The van der Waals surface area contributed by atoms with Gasteiger partial charge in [0, 0.05) is 29.4 Å². The molecule has 0 saturated heterocycles. The third-order valence-electron chi connectivity index (χ3n) is 3.25. The second-order valence-corrected chi connectivity index (χ2v) is 7.39. The van der Waals surface area contributed by atoms with Crippen LogP contribution in [-0.2, 0) is 13.6 Å². The van der Waals surface area contributed by atoms with Gasteiger partial charge in [0.1, 0.15) is 11.5 Å². The predicted molar refractivity (Wildman–Crippen MR) is 98.1 cm³/mol. The van der Waals surface area contributed by atoms with Crippen LogP contribution < -0.4 is 5.32 Å². The van der Waals surface area contributed by atoms with Crippen LogP contribution in [-0.4, -0.2) is 32.5 Å². The minimum absolute atomic E-state index is 0.659. The van der Waals surface area contributed by atoms with Crippen LogP contribution in [0.2, 0.25) is 5.02 Å². The maximum atomic E-state index is 6.25. The summed E-state index contributed by atoms with van der Waals surface area (Å²) in [5, 5.41) is 16.1. The van der Waals surface area contributed by atoms with Crippen LogP contribution in [0.5, 0.6) is 0 Å². The van der Waals surface area contributed by atoms with Gasteiger partial charge in [0.05, 0.1) is 11.6 Å². The van der Waals surface area contributed by atoms with E-state index in [1.807, 2.05) is 37.4 Å². The van der Waals surface area contributed by atoms with Gasteiger partial charge in [-0.15, -0.1) is 5.10 Å². The van der Waals surface area contributed by atoms with Crippen molar-refractivity contribution < 1.29 is 4.42 Å². The average Bonchev–Trinajstić information content (AvgIpc) is 3.17. The van der Waals surface area contributed by atoms with E-state index in [0.29, 0.717) is 11.6 Å². The number of aromatic nitrogens is 4. The van der Waals surface area contributed by atoms with Crippen molar-refractivity contribution in [2.45, 2.75) is 11.7 Å². The molecule has 24 heavy (non-hydrogen) atoms. The lowest BCUT2D eigenvalue weighted by Crippen LogP contribution is -2.16. The Bertz CT molecular complexity index is 822. The fourth-order valence-corrected chi connectivity index (χ4v) is 3.59. The molecule has 0 bridgehead atoms. The second-order valence-electron chi connectivity index (χ2n) is 5.00. The zero-order valence-corrected chi connectivity index (χ0v) is 16.0. The van der Waals surface area contributed by atoms with Crippen molar-refractivity contribution in [3.63, 3.8) is 0 Å². The SMILES string of the molecule is Cn1nnnc1SCCNCc1ccc(-c2ccc(Br)cc2Cl)o1. The molecule has 0 aliphatic heterocycles. The Balaban J connectivity index is 1.48. The molecule has 2 aromatic heterocycles. The van der Waals surface area contributed by atoms with Crippen LogP contribution in [0.1, 0.15) is 5.76 Å². The van der Waals surface area contributed by atoms with Gasteiger partial charge in [-0.05, 0) is 40.8 Å². The van der Waals surface area contributed by atoms with E-state index in [1.165, 1.54) is 0 Å². The van der Waals surface area contributed by atoms with Crippen LogP contribution in [0.25, 0.3) is 11.3 Å². The fraction of sp³-hybridized carbons (Fsp3) is 0.267. The molecule has 3 aromatic rings. The minimum atomic E-state index is 0.659. The van der Waals surface area contributed by atoms with E-state index >= 15 is 0 Å². The molecule has 9 heteroatoms. The number of thioether (sulfide) groups is 1. The molecule has 0 aliphatic carbocycles. The van der Waals surface area contributed by atoms with Gasteiger partial charge < -0.3 is 9.73 Å². The van der Waals surface area contributed by atoms with Crippen molar-refractivity contribution in [2.75, 3.05) is 12.3 Å². The highest BCUT2D eigenvalue weighted by atomic mass is 79.9. The first-order valence-corrected chi connectivity index (χ1v) is 9.39. The van der Waals surface area contributed by atoms with Gasteiger partial charge in [-0.2, -0.15) is 0 Å². The number of furan rings is 1. The zero-order valence-electron chi connectivity index (χ0n) is 12.9. The molecule has 0 atom stereocenters. The molecule has 0 spiro atoms. The van der Waals surface area contributed by atoms with Crippen LogP contribution in [0.4, 0.5) is 0 Å². The Morgan fingerprint density at radius 3 is 2.96 bits per heavy atom. The molecule has 2 heterocycles. The molecule has 0 saturated carbocycles. The first-order chi connectivity index (χ1) is 11.6. The summed E-state index contributed by atoms with van der Waals surface area (Å²) >= 11 is 11.3. The molecule has 0 radical (unpaired) electrons. The van der Waals surface area contributed by atoms with E-state index in [1.54, 1.807) is 16.4 Å². The summed E-state index contributed by atoms with van der Waals surface area (Å²) < 4.78 is 8.46. The molecule has 3 rings (SSSR count). The van der Waals surface area contributed by atoms with Crippen molar-refractivity contribution in [2.24, 2.45) is 7.05 Å². The van der Waals surface area contributed by atoms with Crippen molar-refractivity contribution in [3.8, 4) is 11.3 Å². The molecule has 0 amide bonds. The highest BCUT2D eigenvalue weighted by Crippen LogP contribution is 2.31. The van der Waals surface area contributed by atoms with Gasteiger partial charge in [0.2, 0.25) is 5.16 Å². The van der Waals surface area contributed by atoms with Crippen molar-refractivity contribution in [1.82, 2.24) is 25.5 Å². The normalized spacial score (nSPS) is 11.1. The van der Waals surface area contributed by atoms with Gasteiger partial charge in [0.15, 0.2) is 0 Å². The number of hydrogen-bond donors (Lipinski definition) is 1. The molecule has 0 aliphatic rings. The third-order valence-corrected chi connectivity index (χ3v) is 5.07. The number of nitrogens with zero attached hydrogens (tertiary/aromatic N) is 4. The first-order valence-electron chi connectivity index (χ1n) is 7.23. The average molecular weight is 429 g/mol. The third kappa shape index (κ3) is 4.38. The highest BCUT2D eigenvalue weighted by Gasteiger charge is 2.09. The molecular weight excluding hydrogens is 414 g/mol. The number of aryl methyl sites for hydroxylation is 1. The van der Waals surface area contributed by atoms with Gasteiger partial charge >= 0.3 is 0 Å². The van der Waals surface area contributed by atoms with Crippen LogP contribution >= 0.6 is 39.3 Å². The first kappa shape index (κ1) is 17.5. The smallest absolute Gasteiger partial charge is 0.209 e. The van der Waals surface area contributed by atoms with Crippen LogP contribution in [0.15, 0.2) is 44.4 Å². The Morgan fingerprint density at radius 2 is 2.21 bits per heavy atom. The summed E-state index contributed by atoms with van der Waals surface area (Å²) in [5.41, 5.74) is 0.886. The predicted octanol–water partition coefficient (Wildman–Crippen LogP) is 3.77. The number of benzene rings is 1. The van der Waals surface area contributed by atoms with E-state index in [9.17, 15) is 0 Å². The molecule has 1 aromatic carbocycles. The van der Waals surface area contributed by atoms with Crippen LogP contribution in [0.3, 0.4) is 0 Å². The topological polar surface area (TPSA) is 68.8 Å².